The summed E-state index contributed by atoms with van der Waals surface area (Å²) in [6.07, 6.45) is 1.69. The molecule has 0 N–H and O–H groups in total. The van der Waals surface area contributed by atoms with Crippen LogP contribution in [-0.4, -0.2) is 29.9 Å². The lowest BCUT2D eigenvalue weighted by Crippen LogP contribution is -2.27. The number of thioether (sulfide) groups is 1. The van der Waals surface area contributed by atoms with Gasteiger partial charge in [-0.2, -0.15) is 0 Å². The molecule has 2 aromatic rings. The van der Waals surface area contributed by atoms with Crippen LogP contribution in [0.2, 0.25) is 0 Å². The summed E-state index contributed by atoms with van der Waals surface area (Å²) in [7, 11) is 1.28. The van der Waals surface area contributed by atoms with Gasteiger partial charge in [-0.05, 0) is 57.9 Å². The number of ether oxygens (including phenoxy) is 2. The van der Waals surface area contributed by atoms with Gasteiger partial charge in [0.1, 0.15) is 11.6 Å². The van der Waals surface area contributed by atoms with Gasteiger partial charge in [0, 0.05) is 0 Å². The average molecular weight is 482 g/mol. The monoisotopic (exact) mass is 481 g/mol. The molecule has 1 saturated heterocycles. The standard InChI is InChI=1S/C19H13BrFNO4S2/c1-25-17(23)10-26-15-6-5-11(7-14(15)20)8-16-18(24)22(19(27)28-16)13-4-2-3-12(21)9-13/h2-9H,10H2,1H3/b16-8-. The Kier molecular flexibility index (Phi) is 6.48. The van der Waals surface area contributed by atoms with Crippen LogP contribution in [0, 0.1) is 5.82 Å². The average Bonchev–Trinajstić information content (AvgIpc) is 2.94. The van der Waals surface area contributed by atoms with E-state index in [9.17, 15) is 14.0 Å². The van der Waals surface area contributed by atoms with Crippen molar-refractivity contribution < 1.29 is 23.5 Å². The van der Waals surface area contributed by atoms with Crippen molar-refractivity contribution in [3.05, 3.63) is 63.2 Å². The Morgan fingerprint density at radius 2 is 2.11 bits per heavy atom. The maximum Gasteiger partial charge on any atom is 0.343 e. The third-order valence-corrected chi connectivity index (χ3v) is 5.61. The molecule has 1 aliphatic rings. The molecule has 0 spiro atoms. The van der Waals surface area contributed by atoms with E-state index in [2.05, 4.69) is 20.7 Å². The summed E-state index contributed by atoms with van der Waals surface area (Å²) >= 11 is 9.80. The third-order valence-electron chi connectivity index (χ3n) is 3.69. The Labute approximate surface area is 178 Å². The molecule has 5 nitrogen and oxygen atoms in total. The van der Waals surface area contributed by atoms with Crippen LogP contribution in [-0.2, 0) is 14.3 Å². The van der Waals surface area contributed by atoms with Gasteiger partial charge in [0.25, 0.3) is 5.91 Å². The number of halogens is 2. The molecule has 3 rings (SSSR count). The summed E-state index contributed by atoms with van der Waals surface area (Å²) in [5.74, 6) is -0.781. The second-order valence-corrected chi connectivity index (χ2v) is 8.08. The molecule has 1 amide bonds. The van der Waals surface area contributed by atoms with E-state index in [0.29, 0.717) is 25.1 Å². The smallest absolute Gasteiger partial charge is 0.343 e. The van der Waals surface area contributed by atoms with Crippen LogP contribution in [0.3, 0.4) is 0 Å². The second kappa shape index (κ2) is 8.85. The predicted molar refractivity (Wildman–Crippen MR) is 114 cm³/mol. The number of nitrogens with zero attached hydrogens (tertiary/aromatic N) is 1. The number of carbonyl (C=O) groups is 2. The van der Waals surface area contributed by atoms with E-state index in [4.69, 9.17) is 17.0 Å². The van der Waals surface area contributed by atoms with Gasteiger partial charge in [-0.3, -0.25) is 9.69 Å². The van der Waals surface area contributed by atoms with Crippen molar-refractivity contribution in [3.8, 4) is 5.75 Å². The highest BCUT2D eigenvalue weighted by Gasteiger charge is 2.33. The van der Waals surface area contributed by atoms with Crippen molar-refractivity contribution in [2.75, 3.05) is 18.6 Å². The van der Waals surface area contributed by atoms with Gasteiger partial charge in [-0.25, -0.2) is 9.18 Å². The number of esters is 1. The molecule has 0 unspecified atom stereocenters. The lowest BCUT2D eigenvalue weighted by Gasteiger charge is -2.14. The number of thiocarbonyl (C=S) groups is 1. The van der Waals surface area contributed by atoms with Crippen LogP contribution in [0.5, 0.6) is 5.75 Å². The molecule has 1 aliphatic heterocycles. The summed E-state index contributed by atoms with van der Waals surface area (Å²) in [5, 5.41) is 0. The fourth-order valence-electron chi connectivity index (χ4n) is 2.38. The molecule has 1 fully saturated rings. The first kappa shape index (κ1) is 20.5. The minimum absolute atomic E-state index is 0.208. The van der Waals surface area contributed by atoms with Crippen LogP contribution in [0.15, 0.2) is 51.8 Å². The van der Waals surface area contributed by atoms with Crippen molar-refractivity contribution in [1.82, 2.24) is 0 Å². The zero-order chi connectivity index (χ0) is 20.3. The van der Waals surface area contributed by atoms with Gasteiger partial charge in [0.2, 0.25) is 0 Å². The van der Waals surface area contributed by atoms with Crippen LogP contribution in [0.4, 0.5) is 10.1 Å². The van der Waals surface area contributed by atoms with Gasteiger partial charge >= 0.3 is 5.97 Å². The van der Waals surface area contributed by atoms with Crippen molar-refractivity contribution in [2.24, 2.45) is 0 Å². The Hall–Kier alpha value is -2.23. The fraction of sp³-hybridized carbons (Fsp3) is 0.105. The van der Waals surface area contributed by atoms with E-state index in [-0.39, 0.29) is 12.5 Å². The van der Waals surface area contributed by atoms with Gasteiger partial charge in [-0.1, -0.05) is 36.1 Å². The van der Waals surface area contributed by atoms with E-state index in [0.717, 1.165) is 17.3 Å². The molecule has 0 aliphatic carbocycles. The summed E-state index contributed by atoms with van der Waals surface area (Å²) in [5.41, 5.74) is 1.12. The van der Waals surface area contributed by atoms with Crippen molar-refractivity contribution in [3.63, 3.8) is 0 Å². The Balaban J connectivity index is 1.80. The molecular weight excluding hydrogens is 469 g/mol. The molecule has 0 bridgehead atoms. The number of hydrogen-bond acceptors (Lipinski definition) is 6. The van der Waals surface area contributed by atoms with Crippen LogP contribution < -0.4 is 9.64 Å². The molecule has 2 aromatic carbocycles. The van der Waals surface area contributed by atoms with Crippen molar-refractivity contribution in [2.45, 2.75) is 0 Å². The molecule has 0 aromatic heterocycles. The molecule has 9 heteroatoms. The normalized spacial score (nSPS) is 15.2. The fourth-order valence-corrected chi connectivity index (χ4v) is 4.19. The predicted octanol–water partition coefficient (Wildman–Crippen LogP) is 4.55. The zero-order valence-corrected chi connectivity index (χ0v) is 17.7. The SMILES string of the molecule is COC(=O)COc1ccc(/C=C2\SC(=S)N(c3cccc(F)c3)C2=O)cc1Br. The zero-order valence-electron chi connectivity index (χ0n) is 14.5. The highest BCUT2D eigenvalue weighted by atomic mass is 79.9. The maximum atomic E-state index is 13.5. The number of anilines is 1. The van der Waals surface area contributed by atoms with E-state index >= 15 is 0 Å². The Morgan fingerprint density at radius 1 is 1.32 bits per heavy atom. The summed E-state index contributed by atoms with van der Waals surface area (Å²) in [6.45, 7) is -0.208. The van der Waals surface area contributed by atoms with E-state index < -0.39 is 11.8 Å². The third kappa shape index (κ3) is 4.60. The van der Waals surface area contributed by atoms with E-state index in [1.165, 1.54) is 30.2 Å². The minimum atomic E-state index is -0.489. The first-order chi connectivity index (χ1) is 13.4. The van der Waals surface area contributed by atoms with Crippen molar-refractivity contribution >= 4 is 67.9 Å². The van der Waals surface area contributed by atoms with E-state index in [1.807, 2.05) is 0 Å². The molecule has 144 valence electrons. The molecule has 28 heavy (non-hydrogen) atoms. The number of carbonyl (C=O) groups excluding carboxylic acids is 2. The summed E-state index contributed by atoms with van der Waals surface area (Å²) in [4.78, 5) is 25.6. The Bertz CT molecular complexity index is 996. The number of hydrogen-bond donors (Lipinski definition) is 0. The Morgan fingerprint density at radius 3 is 2.79 bits per heavy atom. The number of rotatable bonds is 5. The molecular formula is C19H13BrFNO4S2. The molecule has 0 atom stereocenters. The number of benzene rings is 2. The molecule has 0 radical (unpaired) electrons. The molecule has 1 heterocycles. The summed E-state index contributed by atoms with van der Waals surface area (Å²) < 4.78 is 24.3. The van der Waals surface area contributed by atoms with Crippen molar-refractivity contribution in [1.29, 1.82) is 0 Å². The lowest BCUT2D eigenvalue weighted by atomic mass is 10.2. The van der Waals surface area contributed by atoms with Gasteiger partial charge < -0.3 is 9.47 Å². The van der Waals surface area contributed by atoms with Crippen LogP contribution in [0.25, 0.3) is 6.08 Å². The maximum absolute atomic E-state index is 13.5. The second-order valence-electron chi connectivity index (χ2n) is 5.55. The quantitative estimate of drug-likeness (QED) is 0.354. The first-order valence-electron chi connectivity index (χ1n) is 7.91. The van der Waals surface area contributed by atoms with E-state index in [1.54, 1.807) is 30.3 Å². The van der Waals surface area contributed by atoms with Crippen LogP contribution in [0.1, 0.15) is 5.56 Å². The highest BCUT2D eigenvalue weighted by Crippen LogP contribution is 2.37. The lowest BCUT2D eigenvalue weighted by molar-refractivity contribution is -0.142. The van der Waals surface area contributed by atoms with Gasteiger partial charge in [0.05, 0.1) is 22.2 Å². The molecule has 0 saturated carbocycles. The van der Waals surface area contributed by atoms with Gasteiger partial charge in [0.15, 0.2) is 10.9 Å². The summed E-state index contributed by atoms with van der Waals surface area (Å²) in [6, 6.07) is 10.9. The highest BCUT2D eigenvalue weighted by molar-refractivity contribution is 9.10. The van der Waals surface area contributed by atoms with Gasteiger partial charge in [-0.15, -0.1) is 0 Å². The number of amides is 1. The first-order valence-corrected chi connectivity index (χ1v) is 9.93. The topological polar surface area (TPSA) is 55.8 Å². The minimum Gasteiger partial charge on any atom is -0.481 e. The largest absolute Gasteiger partial charge is 0.481 e. The number of methoxy groups -OCH3 is 1. The van der Waals surface area contributed by atoms with Crippen LogP contribution >= 0.6 is 39.9 Å².